The number of anilines is 2. The van der Waals surface area contributed by atoms with Gasteiger partial charge in [0.2, 0.25) is 0 Å². The predicted octanol–water partition coefficient (Wildman–Crippen LogP) is 6.00. The van der Waals surface area contributed by atoms with Crippen LogP contribution in [0.4, 0.5) is 11.4 Å². The topological polar surface area (TPSA) is 58.6 Å². The molecular formula is C27H26N2O3S. The Hall–Kier alpha value is -3.51. The number of ether oxygens (including phenoxy) is 1. The smallest absolute Gasteiger partial charge is 0.283 e. The predicted molar refractivity (Wildman–Crippen MR) is 134 cm³/mol. The fourth-order valence-corrected chi connectivity index (χ4v) is 4.53. The number of para-hydroxylation sites is 2. The molecule has 0 fully saturated rings. The fraction of sp³-hybridized carbons (Fsp3) is 0.185. The Morgan fingerprint density at radius 3 is 2.30 bits per heavy atom. The summed E-state index contributed by atoms with van der Waals surface area (Å²) in [5, 5.41) is 3.21. The summed E-state index contributed by atoms with van der Waals surface area (Å²) in [4.78, 5) is 29.8. The number of thioether (sulfide) groups is 1. The van der Waals surface area contributed by atoms with Gasteiger partial charge in [0.15, 0.2) is 0 Å². The molecule has 0 radical (unpaired) electrons. The molecule has 168 valence electrons. The van der Waals surface area contributed by atoms with E-state index in [9.17, 15) is 9.59 Å². The minimum Gasteiger partial charge on any atom is -0.492 e. The fourth-order valence-electron chi connectivity index (χ4n) is 3.60. The van der Waals surface area contributed by atoms with Crippen LogP contribution in [-0.4, -0.2) is 18.4 Å². The molecule has 0 saturated heterocycles. The van der Waals surface area contributed by atoms with E-state index in [1.165, 1.54) is 16.7 Å². The van der Waals surface area contributed by atoms with Gasteiger partial charge in [-0.2, -0.15) is 0 Å². The largest absolute Gasteiger partial charge is 0.492 e. The average molecular weight is 459 g/mol. The van der Waals surface area contributed by atoms with Crippen LogP contribution in [0.3, 0.4) is 0 Å². The number of benzene rings is 3. The second-order valence-electron chi connectivity index (χ2n) is 7.91. The van der Waals surface area contributed by atoms with Gasteiger partial charge >= 0.3 is 0 Å². The molecule has 1 heterocycles. The molecule has 2 amide bonds. The number of hydrogen-bond donors (Lipinski definition) is 1. The highest BCUT2D eigenvalue weighted by molar-refractivity contribution is 8.04. The lowest BCUT2D eigenvalue weighted by Gasteiger charge is -2.18. The highest BCUT2D eigenvalue weighted by Crippen LogP contribution is 2.40. The number of hydrogen-bond acceptors (Lipinski definition) is 5. The third-order valence-electron chi connectivity index (χ3n) is 5.33. The average Bonchev–Trinajstić information content (AvgIpc) is 3.02. The van der Waals surface area contributed by atoms with Crippen molar-refractivity contribution in [1.29, 1.82) is 0 Å². The third kappa shape index (κ3) is 4.66. The first-order valence-electron chi connectivity index (χ1n) is 10.8. The van der Waals surface area contributed by atoms with Crippen LogP contribution >= 0.6 is 11.8 Å². The Bertz CT molecular complexity index is 1250. The summed E-state index contributed by atoms with van der Waals surface area (Å²) in [6.45, 7) is 8.25. The molecular weight excluding hydrogens is 432 g/mol. The zero-order chi connectivity index (χ0) is 23.5. The second kappa shape index (κ2) is 9.55. The molecule has 0 aromatic heterocycles. The van der Waals surface area contributed by atoms with Crippen molar-refractivity contribution in [3.05, 3.63) is 94.0 Å². The van der Waals surface area contributed by atoms with E-state index < -0.39 is 0 Å². The van der Waals surface area contributed by atoms with E-state index in [0.717, 1.165) is 21.6 Å². The van der Waals surface area contributed by atoms with E-state index in [2.05, 4.69) is 5.32 Å². The normalized spacial score (nSPS) is 13.6. The Morgan fingerprint density at radius 1 is 0.879 bits per heavy atom. The van der Waals surface area contributed by atoms with Crippen molar-refractivity contribution >= 4 is 35.0 Å². The van der Waals surface area contributed by atoms with Crippen LogP contribution in [0.2, 0.25) is 0 Å². The van der Waals surface area contributed by atoms with Gasteiger partial charge < -0.3 is 10.1 Å². The maximum Gasteiger partial charge on any atom is 0.283 e. The molecule has 0 aliphatic carbocycles. The molecule has 4 rings (SSSR count). The molecule has 0 unspecified atom stereocenters. The molecule has 3 aromatic rings. The molecule has 1 aliphatic heterocycles. The number of imide groups is 1. The minimum atomic E-state index is -0.380. The lowest BCUT2D eigenvalue weighted by atomic mass is 10.1. The minimum absolute atomic E-state index is 0.249. The highest BCUT2D eigenvalue weighted by atomic mass is 32.2. The van der Waals surface area contributed by atoms with Crippen molar-refractivity contribution in [2.24, 2.45) is 0 Å². The van der Waals surface area contributed by atoms with Crippen molar-refractivity contribution in [2.45, 2.75) is 32.6 Å². The zero-order valence-electron chi connectivity index (χ0n) is 19.1. The summed E-state index contributed by atoms with van der Waals surface area (Å²) in [6, 6.07) is 21.1. The van der Waals surface area contributed by atoms with Gasteiger partial charge in [0, 0.05) is 4.90 Å². The highest BCUT2D eigenvalue weighted by Gasteiger charge is 2.41. The van der Waals surface area contributed by atoms with E-state index in [1.807, 2.05) is 94.4 Å². The first kappa shape index (κ1) is 22.7. The van der Waals surface area contributed by atoms with Crippen molar-refractivity contribution in [2.75, 3.05) is 16.8 Å². The molecule has 0 atom stereocenters. The van der Waals surface area contributed by atoms with Crippen molar-refractivity contribution < 1.29 is 14.3 Å². The van der Waals surface area contributed by atoms with E-state index in [1.54, 1.807) is 0 Å². The molecule has 0 spiro atoms. The van der Waals surface area contributed by atoms with Gasteiger partial charge in [-0.1, -0.05) is 53.7 Å². The molecule has 0 bridgehead atoms. The molecule has 1 aliphatic rings. The van der Waals surface area contributed by atoms with Gasteiger partial charge in [-0.15, -0.1) is 0 Å². The Labute approximate surface area is 198 Å². The van der Waals surface area contributed by atoms with E-state index in [0.29, 0.717) is 28.6 Å². The van der Waals surface area contributed by atoms with Crippen molar-refractivity contribution in [3.8, 4) is 5.75 Å². The number of carbonyl (C=O) groups is 2. The quantitative estimate of drug-likeness (QED) is 0.440. The van der Waals surface area contributed by atoms with Crippen LogP contribution in [0.5, 0.6) is 5.75 Å². The third-order valence-corrected chi connectivity index (χ3v) is 6.43. The molecule has 0 saturated carbocycles. The Balaban J connectivity index is 1.79. The maximum absolute atomic E-state index is 13.6. The van der Waals surface area contributed by atoms with Gasteiger partial charge in [0.05, 0.1) is 18.0 Å². The van der Waals surface area contributed by atoms with Gasteiger partial charge in [0.1, 0.15) is 16.4 Å². The van der Waals surface area contributed by atoms with Crippen LogP contribution in [0.15, 0.2) is 82.2 Å². The first-order valence-corrected chi connectivity index (χ1v) is 11.6. The number of amides is 2. The van der Waals surface area contributed by atoms with Gasteiger partial charge in [0.25, 0.3) is 11.8 Å². The van der Waals surface area contributed by atoms with Crippen LogP contribution in [-0.2, 0) is 9.59 Å². The van der Waals surface area contributed by atoms with Crippen LogP contribution in [0.25, 0.3) is 0 Å². The summed E-state index contributed by atoms with van der Waals surface area (Å²) in [5.41, 5.74) is 4.45. The number of rotatable bonds is 7. The molecule has 33 heavy (non-hydrogen) atoms. The SMILES string of the molecule is CCOc1ccccc1NC1=C(Sc2ccc(C)cc2)C(=O)N(c2cc(C)ccc2C)C1=O. The summed E-state index contributed by atoms with van der Waals surface area (Å²) in [6.07, 6.45) is 0. The molecule has 6 heteroatoms. The van der Waals surface area contributed by atoms with Gasteiger partial charge in [-0.05, 0) is 69.2 Å². The Morgan fingerprint density at radius 2 is 1.58 bits per heavy atom. The lowest BCUT2D eigenvalue weighted by Crippen LogP contribution is -2.33. The van der Waals surface area contributed by atoms with Crippen molar-refractivity contribution in [1.82, 2.24) is 0 Å². The second-order valence-corrected chi connectivity index (χ2v) is 8.99. The zero-order valence-corrected chi connectivity index (χ0v) is 20.0. The molecule has 1 N–H and O–H groups in total. The standard InChI is InChI=1S/C27H26N2O3S/c1-5-32-23-9-7-6-8-21(23)28-24-25(33-20-14-11-17(2)12-15-20)27(31)29(26(24)30)22-16-18(3)10-13-19(22)4/h6-16,28H,5H2,1-4H3. The van der Waals surface area contributed by atoms with Crippen LogP contribution in [0.1, 0.15) is 23.6 Å². The lowest BCUT2D eigenvalue weighted by molar-refractivity contribution is -0.120. The summed E-state index contributed by atoms with van der Waals surface area (Å²) < 4.78 is 5.72. The van der Waals surface area contributed by atoms with Crippen molar-refractivity contribution in [3.63, 3.8) is 0 Å². The molecule has 5 nitrogen and oxygen atoms in total. The summed E-state index contributed by atoms with van der Waals surface area (Å²) >= 11 is 1.29. The van der Waals surface area contributed by atoms with Gasteiger partial charge in [-0.3, -0.25) is 9.59 Å². The first-order chi connectivity index (χ1) is 15.9. The maximum atomic E-state index is 13.6. The van der Waals surface area contributed by atoms with E-state index >= 15 is 0 Å². The van der Waals surface area contributed by atoms with Gasteiger partial charge in [-0.25, -0.2) is 4.90 Å². The summed E-state index contributed by atoms with van der Waals surface area (Å²) in [7, 11) is 0. The number of carbonyl (C=O) groups excluding carboxylic acids is 2. The number of nitrogens with one attached hydrogen (secondary N) is 1. The molecule has 3 aromatic carbocycles. The van der Waals surface area contributed by atoms with E-state index in [-0.39, 0.29) is 17.5 Å². The number of aryl methyl sites for hydroxylation is 3. The van der Waals surface area contributed by atoms with Crippen LogP contribution < -0.4 is 15.0 Å². The van der Waals surface area contributed by atoms with Crippen LogP contribution in [0, 0.1) is 20.8 Å². The van der Waals surface area contributed by atoms with E-state index in [4.69, 9.17) is 4.74 Å². The monoisotopic (exact) mass is 458 g/mol. The summed E-state index contributed by atoms with van der Waals surface area (Å²) in [5.74, 6) is -0.0945. The number of nitrogens with zero attached hydrogens (tertiary/aromatic N) is 1. The Kier molecular flexibility index (Phi) is 6.56.